The summed E-state index contributed by atoms with van der Waals surface area (Å²) in [5.74, 6) is 0. The molecule has 0 saturated carbocycles. The number of anilines is 1. The standard InChI is InChI=1S/C13H13ClN4O3/c1-17-13(19)12(14)11(8-16-17)15-7-6-9-2-4-10(5-3-9)18(20)21/h2-5,8,15H,6-7H2,1H3. The Morgan fingerprint density at radius 1 is 1.38 bits per heavy atom. The van der Waals surface area contributed by atoms with Crippen molar-refractivity contribution in [2.45, 2.75) is 6.42 Å². The van der Waals surface area contributed by atoms with E-state index in [-0.39, 0.29) is 16.3 Å². The summed E-state index contributed by atoms with van der Waals surface area (Å²) in [6.45, 7) is 0.534. The van der Waals surface area contributed by atoms with Gasteiger partial charge in [0.1, 0.15) is 5.02 Å². The highest BCUT2D eigenvalue weighted by Gasteiger charge is 2.07. The molecule has 0 bridgehead atoms. The van der Waals surface area contributed by atoms with Gasteiger partial charge in [0.05, 0.1) is 16.8 Å². The van der Waals surface area contributed by atoms with E-state index in [1.807, 2.05) is 0 Å². The van der Waals surface area contributed by atoms with E-state index in [1.165, 1.54) is 25.4 Å². The van der Waals surface area contributed by atoms with Crippen LogP contribution in [0.4, 0.5) is 11.4 Å². The Morgan fingerprint density at radius 3 is 2.67 bits per heavy atom. The number of benzene rings is 1. The summed E-state index contributed by atoms with van der Waals surface area (Å²) >= 11 is 5.93. The minimum atomic E-state index is -0.437. The van der Waals surface area contributed by atoms with Gasteiger partial charge in [-0.05, 0) is 12.0 Å². The monoisotopic (exact) mass is 308 g/mol. The Bertz CT molecular complexity index is 712. The molecule has 2 rings (SSSR count). The predicted molar refractivity (Wildman–Crippen MR) is 79.8 cm³/mol. The van der Waals surface area contributed by atoms with E-state index in [9.17, 15) is 14.9 Å². The maximum absolute atomic E-state index is 11.6. The van der Waals surface area contributed by atoms with Gasteiger partial charge in [-0.15, -0.1) is 0 Å². The summed E-state index contributed by atoms with van der Waals surface area (Å²) in [7, 11) is 1.52. The van der Waals surface area contributed by atoms with Crippen LogP contribution in [0, 0.1) is 10.1 Å². The molecule has 8 heteroatoms. The summed E-state index contributed by atoms with van der Waals surface area (Å²) in [6, 6.07) is 6.32. The number of halogens is 1. The summed E-state index contributed by atoms with van der Waals surface area (Å²) in [6.07, 6.45) is 2.13. The first kappa shape index (κ1) is 15.0. The molecule has 0 saturated heterocycles. The fraction of sp³-hybridized carbons (Fsp3) is 0.231. The number of aryl methyl sites for hydroxylation is 1. The lowest BCUT2D eigenvalue weighted by Gasteiger charge is -2.08. The van der Waals surface area contributed by atoms with Crippen LogP contribution in [0.1, 0.15) is 5.56 Å². The van der Waals surface area contributed by atoms with E-state index >= 15 is 0 Å². The third-order valence-corrected chi connectivity index (χ3v) is 3.32. The van der Waals surface area contributed by atoms with Crippen LogP contribution in [0.15, 0.2) is 35.3 Å². The zero-order chi connectivity index (χ0) is 15.4. The van der Waals surface area contributed by atoms with Crippen molar-refractivity contribution in [1.29, 1.82) is 0 Å². The van der Waals surface area contributed by atoms with Crippen molar-refractivity contribution >= 4 is 23.0 Å². The summed E-state index contributed by atoms with van der Waals surface area (Å²) in [5, 5.41) is 17.5. The van der Waals surface area contributed by atoms with Crippen LogP contribution >= 0.6 is 11.6 Å². The van der Waals surface area contributed by atoms with Gasteiger partial charge in [0.15, 0.2) is 0 Å². The molecular formula is C13H13ClN4O3. The fourth-order valence-corrected chi connectivity index (χ4v) is 2.00. The first-order valence-corrected chi connectivity index (χ1v) is 6.56. The smallest absolute Gasteiger partial charge is 0.287 e. The lowest BCUT2D eigenvalue weighted by atomic mass is 10.1. The average molecular weight is 309 g/mol. The summed E-state index contributed by atoms with van der Waals surface area (Å²) < 4.78 is 1.16. The van der Waals surface area contributed by atoms with Crippen LogP contribution in [-0.2, 0) is 13.5 Å². The molecule has 2 aromatic rings. The van der Waals surface area contributed by atoms with E-state index in [0.717, 1.165) is 10.2 Å². The SMILES string of the molecule is Cn1ncc(NCCc2ccc([N+](=O)[O-])cc2)c(Cl)c1=O. The first-order valence-electron chi connectivity index (χ1n) is 6.18. The van der Waals surface area contributed by atoms with E-state index in [0.29, 0.717) is 18.7 Å². The Hall–Kier alpha value is -2.41. The number of hydrogen-bond acceptors (Lipinski definition) is 5. The number of nitro groups is 1. The lowest BCUT2D eigenvalue weighted by Crippen LogP contribution is -2.21. The van der Waals surface area contributed by atoms with Crippen molar-refractivity contribution in [1.82, 2.24) is 9.78 Å². The molecule has 0 atom stereocenters. The normalized spacial score (nSPS) is 10.4. The predicted octanol–water partition coefficient (Wildman–Crippen LogP) is 2.00. The van der Waals surface area contributed by atoms with Gasteiger partial charge in [-0.3, -0.25) is 14.9 Å². The van der Waals surface area contributed by atoms with Crippen molar-refractivity contribution in [2.24, 2.45) is 7.05 Å². The second kappa shape index (κ2) is 6.36. The molecule has 0 radical (unpaired) electrons. The molecule has 21 heavy (non-hydrogen) atoms. The van der Waals surface area contributed by atoms with Gasteiger partial charge in [0, 0.05) is 25.7 Å². The highest BCUT2D eigenvalue weighted by molar-refractivity contribution is 6.32. The lowest BCUT2D eigenvalue weighted by molar-refractivity contribution is -0.384. The van der Waals surface area contributed by atoms with E-state index in [4.69, 9.17) is 11.6 Å². The Labute approximate surface area is 125 Å². The molecule has 0 aliphatic rings. The van der Waals surface area contributed by atoms with Crippen LogP contribution in [-0.4, -0.2) is 21.2 Å². The molecule has 0 fully saturated rings. The molecule has 0 aliphatic carbocycles. The van der Waals surface area contributed by atoms with Gasteiger partial charge in [0.25, 0.3) is 11.2 Å². The van der Waals surface area contributed by atoms with Gasteiger partial charge in [-0.2, -0.15) is 5.10 Å². The van der Waals surface area contributed by atoms with Crippen LogP contribution in [0.2, 0.25) is 5.02 Å². The van der Waals surface area contributed by atoms with Gasteiger partial charge < -0.3 is 5.32 Å². The summed E-state index contributed by atoms with van der Waals surface area (Å²) in [5.41, 5.74) is 1.12. The largest absolute Gasteiger partial charge is 0.382 e. The molecular weight excluding hydrogens is 296 g/mol. The topological polar surface area (TPSA) is 90.1 Å². The van der Waals surface area contributed by atoms with E-state index < -0.39 is 4.92 Å². The number of nitrogens with zero attached hydrogens (tertiary/aromatic N) is 3. The number of non-ortho nitro benzene ring substituents is 1. The van der Waals surface area contributed by atoms with Crippen LogP contribution in [0.5, 0.6) is 0 Å². The van der Waals surface area contributed by atoms with Gasteiger partial charge in [-0.25, -0.2) is 4.68 Å². The minimum Gasteiger partial charge on any atom is -0.382 e. The third-order valence-electron chi connectivity index (χ3n) is 2.95. The van der Waals surface area contributed by atoms with Crippen molar-refractivity contribution in [3.8, 4) is 0 Å². The molecule has 7 nitrogen and oxygen atoms in total. The average Bonchev–Trinajstić information content (AvgIpc) is 2.48. The Morgan fingerprint density at radius 2 is 2.05 bits per heavy atom. The number of hydrogen-bond donors (Lipinski definition) is 1. The quantitative estimate of drug-likeness (QED) is 0.674. The number of aromatic nitrogens is 2. The van der Waals surface area contributed by atoms with E-state index in [2.05, 4.69) is 10.4 Å². The highest BCUT2D eigenvalue weighted by Crippen LogP contribution is 2.16. The van der Waals surface area contributed by atoms with Crippen LogP contribution in [0.3, 0.4) is 0 Å². The number of nitrogens with one attached hydrogen (secondary N) is 1. The second-order valence-corrected chi connectivity index (χ2v) is 4.78. The van der Waals surface area contributed by atoms with Crippen LogP contribution in [0.25, 0.3) is 0 Å². The third kappa shape index (κ3) is 3.57. The molecule has 0 spiro atoms. The molecule has 0 unspecified atom stereocenters. The fourth-order valence-electron chi connectivity index (χ4n) is 1.76. The maximum Gasteiger partial charge on any atom is 0.287 e. The number of rotatable bonds is 5. The van der Waals surface area contributed by atoms with Gasteiger partial charge >= 0.3 is 0 Å². The summed E-state index contributed by atoms with van der Waals surface area (Å²) in [4.78, 5) is 21.7. The zero-order valence-electron chi connectivity index (χ0n) is 11.2. The van der Waals surface area contributed by atoms with Gasteiger partial charge in [0.2, 0.25) is 0 Å². The zero-order valence-corrected chi connectivity index (χ0v) is 12.0. The van der Waals surface area contributed by atoms with Gasteiger partial charge in [-0.1, -0.05) is 23.7 Å². The highest BCUT2D eigenvalue weighted by atomic mass is 35.5. The molecule has 1 aromatic carbocycles. The molecule has 0 aliphatic heterocycles. The molecule has 1 heterocycles. The molecule has 1 aromatic heterocycles. The van der Waals surface area contributed by atoms with Crippen molar-refractivity contribution in [2.75, 3.05) is 11.9 Å². The Kier molecular flexibility index (Phi) is 4.54. The number of nitro benzene ring substituents is 1. The van der Waals surface area contributed by atoms with Crippen LogP contribution < -0.4 is 10.9 Å². The molecule has 0 amide bonds. The molecule has 1 N–H and O–H groups in total. The minimum absolute atomic E-state index is 0.0607. The van der Waals surface area contributed by atoms with Crippen molar-refractivity contribution in [3.63, 3.8) is 0 Å². The first-order chi connectivity index (χ1) is 9.99. The maximum atomic E-state index is 11.6. The Balaban J connectivity index is 1.97. The van der Waals surface area contributed by atoms with Crippen molar-refractivity contribution in [3.05, 3.63) is 61.5 Å². The molecule has 110 valence electrons. The van der Waals surface area contributed by atoms with Crippen molar-refractivity contribution < 1.29 is 4.92 Å². The van der Waals surface area contributed by atoms with E-state index in [1.54, 1.807) is 12.1 Å². The second-order valence-electron chi connectivity index (χ2n) is 4.40.